The molecule has 0 radical (unpaired) electrons. The summed E-state index contributed by atoms with van der Waals surface area (Å²) in [5, 5.41) is 0. The van der Waals surface area contributed by atoms with E-state index in [1.165, 1.54) is 12.8 Å². The zero-order valence-electron chi connectivity index (χ0n) is 10.2. The van der Waals surface area contributed by atoms with Gasteiger partial charge in [0.05, 0.1) is 0 Å². The second kappa shape index (κ2) is 8.85. The van der Waals surface area contributed by atoms with Gasteiger partial charge in [0.1, 0.15) is 0 Å². The lowest BCUT2D eigenvalue weighted by molar-refractivity contribution is 0.138. The van der Waals surface area contributed by atoms with Gasteiger partial charge < -0.3 is 13.3 Å². The van der Waals surface area contributed by atoms with Crippen LogP contribution in [-0.2, 0) is 13.3 Å². The topological polar surface area (TPSA) is 27.7 Å². The highest BCUT2D eigenvalue weighted by Gasteiger charge is 2.33. The third-order valence-corrected chi connectivity index (χ3v) is 4.43. The molecule has 0 spiro atoms. The Kier molecular flexibility index (Phi) is 8.60. The van der Waals surface area contributed by atoms with E-state index in [1.807, 2.05) is 17.9 Å². The standard InChI is InChI=1S/C11H22O3Si/c1-5-6-7-8-9-10-11-15(12-2,13-3)14-4/h8-11H,5-7H2,1-4H3. The number of unbranched alkanes of at least 4 members (excludes halogenated alkanes) is 2. The molecule has 0 aromatic carbocycles. The second-order valence-electron chi connectivity index (χ2n) is 3.15. The quantitative estimate of drug-likeness (QED) is 0.364. The third kappa shape index (κ3) is 5.89. The normalized spacial score (nSPS) is 13.1. The lowest BCUT2D eigenvalue weighted by atomic mass is 10.2. The molecule has 15 heavy (non-hydrogen) atoms. The molecule has 0 aliphatic carbocycles. The third-order valence-electron chi connectivity index (χ3n) is 2.13. The molecule has 0 amide bonds. The van der Waals surface area contributed by atoms with Gasteiger partial charge in [0.2, 0.25) is 0 Å². The monoisotopic (exact) mass is 230 g/mol. The molecule has 0 N–H and O–H groups in total. The van der Waals surface area contributed by atoms with Crippen LogP contribution in [0.2, 0.25) is 0 Å². The molecule has 0 bridgehead atoms. The minimum atomic E-state index is -2.52. The van der Waals surface area contributed by atoms with Crippen LogP contribution in [0.1, 0.15) is 26.2 Å². The largest absolute Gasteiger partial charge is 0.528 e. The molecular weight excluding hydrogens is 208 g/mol. The predicted octanol–water partition coefficient (Wildman–Crippen LogP) is 2.71. The molecule has 3 nitrogen and oxygen atoms in total. The maximum Gasteiger partial charge on any atom is 0.528 e. The first-order valence-electron chi connectivity index (χ1n) is 5.24. The summed E-state index contributed by atoms with van der Waals surface area (Å²) in [5.41, 5.74) is 1.87. The summed E-state index contributed by atoms with van der Waals surface area (Å²) in [5.74, 6) is 0. The van der Waals surface area contributed by atoms with Crippen molar-refractivity contribution in [1.82, 2.24) is 0 Å². The van der Waals surface area contributed by atoms with Crippen molar-refractivity contribution in [2.24, 2.45) is 0 Å². The van der Waals surface area contributed by atoms with Crippen molar-refractivity contribution in [2.75, 3.05) is 21.3 Å². The fraction of sp³-hybridized carbons (Fsp3) is 0.636. The van der Waals surface area contributed by atoms with Crippen LogP contribution in [0.3, 0.4) is 0 Å². The fourth-order valence-electron chi connectivity index (χ4n) is 1.12. The van der Waals surface area contributed by atoms with Crippen LogP contribution in [0, 0.1) is 0 Å². The summed E-state index contributed by atoms with van der Waals surface area (Å²) >= 11 is 0. The summed E-state index contributed by atoms with van der Waals surface area (Å²) in [6, 6.07) is 0. The molecule has 0 atom stereocenters. The molecule has 0 fully saturated rings. The predicted molar refractivity (Wildman–Crippen MR) is 64.6 cm³/mol. The van der Waals surface area contributed by atoms with Crippen LogP contribution >= 0.6 is 0 Å². The molecule has 0 aliphatic heterocycles. The maximum absolute atomic E-state index is 5.24. The molecule has 0 rings (SSSR count). The Hall–Kier alpha value is -0.423. The van der Waals surface area contributed by atoms with E-state index in [0.717, 1.165) is 6.42 Å². The summed E-state index contributed by atoms with van der Waals surface area (Å²) in [6.07, 6.45) is 9.64. The van der Waals surface area contributed by atoms with Gasteiger partial charge in [0, 0.05) is 21.3 Å². The molecule has 0 aromatic heterocycles. The summed E-state index contributed by atoms with van der Waals surface area (Å²) in [6.45, 7) is 2.18. The molecule has 0 saturated heterocycles. The van der Waals surface area contributed by atoms with Crippen LogP contribution in [0.4, 0.5) is 0 Å². The molecule has 0 aliphatic rings. The lowest BCUT2D eigenvalue weighted by Crippen LogP contribution is -2.40. The van der Waals surface area contributed by atoms with Crippen molar-refractivity contribution in [3.05, 3.63) is 23.9 Å². The Morgan fingerprint density at radius 2 is 1.60 bits per heavy atom. The van der Waals surface area contributed by atoms with Crippen LogP contribution in [0.15, 0.2) is 23.9 Å². The summed E-state index contributed by atoms with van der Waals surface area (Å²) in [7, 11) is 2.29. The first-order valence-corrected chi connectivity index (χ1v) is 7.04. The van der Waals surface area contributed by atoms with Crippen LogP contribution < -0.4 is 0 Å². The van der Waals surface area contributed by atoms with E-state index < -0.39 is 8.80 Å². The van der Waals surface area contributed by atoms with E-state index in [1.54, 1.807) is 21.3 Å². The second-order valence-corrected chi connectivity index (χ2v) is 5.91. The Morgan fingerprint density at radius 1 is 1.00 bits per heavy atom. The van der Waals surface area contributed by atoms with Gasteiger partial charge in [-0.1, -0.05) is 38.0 Å². The van der Waals surface area contributed by atoms with Crippen molar-refractivity contribution < 1.29 is 13.3 Å². The van der Waals surface area contributed by atoms with Crippen molar-refractivity contribution in [1.29, 1.82) is 0 Å². The first kappa shape index (κ1) is 14.6. The van der Waals surface area contributed by atoms with Crippen LogP contribution in [0.25, 0.3) is 0 Å². The Labute approximate surface area is 94.1 Å². The molecule has 88 valence electrons. The average molecular weight is 230 g/mol. The highest BCUT2D eigenvalue weighted by Crippen LogP contribution is 2.07. The fourth-order valence-corrected chi connectivity index (χ4v) is 2.38. The van der Waals surface area contributed by atoms with E-state index >= 15 is 0 Å². The van der Waals surface area contributed by atoms with Crippen molar-refractivity contribution in [3.63, 3.8) is 0 Å². The van der Waals surface area contributed by atoms with Crippen LogP contribution in [-0.4, -0.2) is 30.1 Å². The zero-order valence-corrected chi connectivity index (χ0v) is 11.2. The van der Waals surface area contributed by atoms with Crippen molar-refractivity contribution in [3.8, 4) is 0 Å². The minimum absolute atomic E-state index is 1.11. The highest BCUT2D eigenvalue weighted by atomic mass is 28.4. The number of hydrogen-bond donors (Lipinski definition) is 0. The number of hydrogen-bond acceptors (Lipinski definition) is 3. The van der Waals surface area contributed by atoms with E-state index in [2.05, 4.69) is 13.0 Å². The van der Waals surface area contributed by atoms with Gasteiger partial charge in [-0.05, 0) is 12.1 Å². The molecule has 4 heteroatoms. The van der Waals surface area contributed by atoms with E-state index in [9.17, 15) is 0 Å². The van der Waals surface area contributed by atoms with E-state index in [4.69, 9.17) is 13.3 Å². The van der Waals surface area contributed by atoms with E-state index in [-0.39, 0.29) is 0 Å². The number of allylic oxidation sites excluding steroid dienone is 3. The first-order chi connectivity index (χ1) is 7.24. The summed E-state index contributed by atoms with van der Waals surface area (Å²) in [4.78, 5) is 0. The lowest BCUT2D eigenvalue weighted by Gasteiger charge is -2.19. The molecule has 0 heterocycles. The highest BCUT2D eigenvalue weighted by molar-refractivity contribution is 6.66. The zero-order chi connectivity index (χ0) is 11.6. The van der Waals surface area contributed by atoms with Gasteiger partial charge in [-0.25, -0.2) is 0 Å². The Bertz CT molecular complexity index is 190. The van der Waals surface area contributed by atoms with E-state index in [0.29, 0.717) is 0 Å². The minimum Gasteiger partial charge on any atom is -0.374 e. The Balaban J connectivity index is 4.05. The molecule has 0 aromatic rings. The van der Waals surface area contributed by atoms with Crippen molar-refractivity contribution >= 4 is 8.80 Å². The van der Waals surface area contributed by atoms with Gasteiger partial charge in [-0.2, -0.15) is 0 Å². The Morgan fingerprint density at radius 3 is 2.07 bits per heavy atom. The molecule has 0 unspecified atom stereocenters. The maximum atomic E-state index is 5.24. The molecular formula is C11H22O3Si. The smallest absolute Gasteiger partial charge is 0.374 e. The van der Waals surface area contributed by atoms with Crippen molar-refractivity contribution in [2.45, 2.75) is 26.2 Å². The number of rotatable bonds is 8. The SMILES string of the molecule is CCCCC=CC=C[Si](OC)(OC)OC. The van der Waals surface area contributed by atoms with Crippen LogP contribution in [0.5, 0.6) is 0 Å². The average Bonchev–Trinajstić information content (AvgIpc) is 2.29. The summed E-state index contributed by atoms with van der Waals surface area (Å²) < 4.78 is 15.7. The van der Waals surface area contributed by atoms with Gasteiger partial charge in [0.25, 0.3) is 0 Å². The van der Waals surface area contributed by atoms with Gasteiger partial charge in [-0.15, -0.1) is 0 Å². The van der Waals surface area contributed by atoms with Gasteiger partial charge in [-0.3, -0.25) is 0 Å². The van der Waals surface area contributed by atoms with Gasteiger partial charge >= 0.3 is 8.80 Å². The molecule has 0 saturated carbocycles. The van der Waals surface area contributed by atoms with Gasteiger partial charge in [0.15, 0.2) is 0 Å².